The number of rotatable bonds is 6. The third-order valence-corrected chi connectivity index (χ3v) is 6.24. The van der Waals surface area contributed by atoms with Crippen LogP contribution in [0.5, 0.6) is 11.5 Å². The Balaban J connectivity index is 1.88. The molecule has 8 heteroatoms. The van der Waals surface area contributed by atoms with Crippen LogP contribution in [0.3, 0.4) is 0 Å². The molecule has 0 atom stereocenters. The van der Waals surface area contributed by atoms with Gasteiger partial charge >= 0.3 is 10.1 Å². The van der Waals surface area contributed by atoms with Gasteiger partial charge in [0.15, 0.2) is 5.76 Å². The molecule has 0 fully saturated rings. The van der Waals surface area contributed by atoms with E-state index in [4.69, 9.17) is 13.3 Å². The van der Waals surface area contributed by atoms with Gasteiger partial charge in [0.05, 0.1) is 12.0 Å². The van der Waals surface area contributed by atoms with E-state index in [1.165, 1.54) is 12.1 Å². The van der Waals surface area contributed by atoms with Crippen LogP contribution in [0.15, 0.2) is 91.4 Å². The molecule has 0 aliphatic carbocycles. The highest BCUT2D eigenvalue weighted by Gasteiger charge is 2.25. The fraction of sp³-hybridized carbons (Fsp3) is 0.0870. The Morgan fingerprint density at radius 2 is 1.61 bits per heavy atom. The van der Waals surface area contributed by atoms with Crippen LogP contribution < -0.4 is 14.3 Å². The molecule has 0 unspecified atom stereocenters. The maximum atomic E-state index is 13.2. The molecule has 0 bridgehead atoms. The van der Waals surface area contributed by atoms with Crippen molar-refractivity contribution < 1.29 is 21.8 Å². The maximum Gasteiger partial charge on any atom is 0.339 e. The van der Waals surface area contributed by atoms with Crippen molar-refractivity contribution in [1.82, 2.24) is 0 Å². The van der Waals surface area contributed by atoms with E-state index in [1.807, 2.05) is 6.92 Å². The molecule has 4 rings (SSSR count). The van der Waals surface area contributed by atoms with Gasteiger partial charge in [-0.05, 0) is 67.6 Å². The molecule has 1 aromatic heterocycles. The van der Waals surface area contributed by atoms with Gasteiger partial charge in [0.2, 0.25) is 11.2 Å². The Kier molecular flexibility index (Phi) is 5.84. The quantitative estimate of drug-likeness (QED) is 0.330. The van der Waals surface area contributed by atoms with E-state index in [0.717, 1.165) is 0 Å². The molecule has 1 heterocycles. The highest BCUT2D eigenvalue weighted by molar-refractivity contribution is 9.10. The zero-order valence-electron chi connectivity index (χ0n) is 16.4. The fourth-order valence-corrected chi connectivity index (χ4v) is 4.22. The molecule has 0 aliphatic rings. The molecular formula is C23H17BrO6S. The average molecular weight is 501 g/mol. The first-order valence-electron chi connectivity index (χ1n) is 9.38. The van der Waals surface area contributed by atoms with Crippen LogP contribution in [0.2, 0.25) is 0 Å². The number of ether oxygens (including phenoxy) is 1. The van der Waals surface area contributed by atoms with Crippen molar-refractivity contribution in [3.05, 3.63) is 87.5 Å². The highest BCUT2D eigenvalue weighted by Crippen LogP contribution is 2.33. The molecule has 0 radical (unpaired) electrons. The van der Waals surface area contributed by atoms with Crippen molar-refractivity contribution in [2.45, 2.75) is 11.8 Å². The van der Waals surface area contributed by atoms with E-state index >= 15 is 0 Å². The van der Waals surface area contributed by atoms with E-state index in [9.17, 15) is 13.2 Å². The largest absolute Gasteiger partial charge is 0.494 e. The summed E-state index contributed by atoms with van der Waals surface area (Å²) < 4.78 is 43.2. The van der Waals surface area contributed by atoms with E-state index in [1.54, 1.807) is 60.7 Å². The minimum Gasteiger partial charge on any atom is -0.494 e. The third kappa shape index (κ3) is 4.35. The summed E-state index contributed by atoms with van der Waals surface area (Å²) in [4.78, 5) is 13.1. The summed E-state index contributed by atoms with van der Waals surface area (Å²) in [6.07, 6.45) is 0. The Labute approximate surface area is 187 Å². The summed E-state index contributed by atoms with van der Waals surface area (Å²) in [6.45, 7) is 2.37. The second kappa shape index (κ2) is 8.56. The molecule has 0 N–H and O–H groups in total. The Morgan fingerprint density at radius 1 is 0.935 bits per heavy atom. The third-order valence-electron chi connectivity index (χ3n) is 4.48. The van der Waals surface area contributed by atoms with Crippen LogP contribution >= 0.6 is 15.9 Å². The first-order chi connectivity index (χ1) is 14.9. The zero-order chi connectivity index (χ0) is 22.0. The van der Waals surface area contributed by atoms with Crippen LogP contribution in [0, 0.1) is 0 Å². The van der Waals surface area contributed by atoms with Crippen LogP contribution in [0.25, 0.3) is 22.3 Å². The smallest absolute Gasteiger partial charge is 0.339 e. The van der Waals surface area contributed by atoms with Gasteiger partial charge in [0, 0.05) is 10.0 Å². The minimum atomic E-state index is -4.27. The van der Waals surface area contributed by atoms with Crippen molar-refractivity contribution in [3.63, 3.8) is 0 Å². The van der Waals surface area contributed by atoms with Crippen LogP contribution in [0.1, 0.15) is 6.92 Å². The lowest BCUT2D eigenvalue weighted by molar-refractivity contribution is 0.340. The highest BCUT2D eigenvalue weighted by atomic mass is 79.9. The zero-order valence-corrected chi connectivity index (χ0v) is 18.8. The lowest BCUT2D eigenvalue weighted by atomic mass is 10.1. The van der Waals surface area contributed by atoms with Gasteiger partial charge in [-0.1, -0.05) is 28.1 Å². The summed E-state index contributed by atoms with van der Waals surface area (Å²) in [5.41, 5.74) is 0.225. The summed E-state index contributed by atoms with van der Waals surface area (Å²) in [7, 11) is -4.27. The topological polar surface area (TPSA) is 82.8 Å². The predicted molar refractivity (Wildman–Crippen MR) is 121 cm³/mol. The van der Waals surface area contributed by atoms with Crippen LogP contribution in [-0.4, -0.2) is 15.0 Å². The van der Waals surface area contributed by atoms with E-state index in [0.29, 0.717) is 28.0 Å². The lowest BCUT2D eigenvalue weighted by Crippen LogP contribution is -2.16. The fourth-order valence-electron chi connectivity index (χ4n) is 3.02. The van der Waals surface area contributed by atoms with Crippen molar-refractivity contribution in [2.24, 2.45) is 0 Å². The first kappa shape index (κ1) is 21.1. The number of hydrogen-bond donors (Lipinski definition) is 0. The molecule has 4 aromatic rings. The van der Waals surface area contributed by atoms with Gasteiger partial charge in [-0.3, -0.25) is 4.79 Å². The number of para-hydroxylation sites is 1. The summed E-state index contributed by atoms with van der Waals surface area (Å²) in [6, 6.07) is 19.3. The number of benzene rings is 3. The van der Waals surface area contributed by atoms with E-state index in [2.05, 4.69) is 15.9 Å². The Morgan fingerprint density at radius 3 is 2.29 bits per heavy atom. The van der Waals surface area contributed by atoms with Gasteiger partial charge in [0.1, 0.15) is 16.2 Å². The Bertz CT molecular complexity index is 1390. The van der Waals surface area contributed by atoms with E-state index < -0.39 is 21.3 Å². The number of halogens is 1. The second-order valence-corrected chi connectivity index (χ2v) is 9.00. The first-order valence-corrected chi connectivity index (χ1v) is 11.6. The van der Waals surface area contributed by atoms with Gasteiger partial charge in [-0.15, -0.1) is 0 Å². The molecule has 31 heavy (non-hydrogen) atoms. The summed E-state index contributed by atoms with van der Waals surface area (Å²) in [5.74, 6) is 0.262. The molecular weight excluding hydrogens is 484 g/mol. The molecule has 0 saturated carbocycles. The molecule has 0 aliphatic heterocycles. The van der Waals surface area contributed by atoms with Gasteiger partial charge in [0.25, 0.3) is 0 Å². The molecule has 158 valence electrons. The standard InChI is InChI=1S/C23H17BrO6S/c1-2-28-17-11-7-15(8-12-17)22-23(21(25)19-5-3-4-6-20(19)29-22)30-31(26,27)18-13-9-16(24)10-14-18/h3-14H,2H2,1H3. The molecule has 3 aromatic carbocycles. The Hall–Kier alpha value is -3.10. The van der Waals surface area contributed by atoms with Gasteiger partial charge < -0.3 is 13.3 Å². The SMILES string of the molecule is CCOc1ccc(-c2oc3ccccc3c(=O)c2OS(=O)(=O)c2ccc(Br)cc2)cc1. The van der Waals surface area contributed by atoms with Crippen molar-refractivity contribution >= 4 is 37.0 Å². The molecule has 0 saturated heterocycles. The van der Waals surface area contributed by atoms with Crippen molar-refractivity contribution in [2.75, 3.05) is 6.61 Å². The van der Waals surface area contributed by atoms with Crippen LogP contribution in [-0.2, 0) is 10.1 Å². The summed E-state index contributed by atoms with van der Waals surface area (Å²) >= 11 is 3.27. The van der Waals surface area contributed by atoms with Crippen LogP contribution in [0.4, 0.5) is 0 Å². The normalized spacial score (nSPS) is 11.4. The van der Waals surface area contributed by atoms with Crippen molar-refractivity contribution in [3.8, 4) is 22.8 Å². The van der Waals surface area contributed by atoms with Gasteiger partial charge in [-0.2, -0.15) is 8.42 Å². The number of hydrogen-bond acceptors (Lipinski definition) is 6. The molecule has 0 spiro atoms. The maximum absolute atomic E-state index is 13.2. The van der Waals surface area contributed by atoms with E-state index in [-0.39, 0.29) is 16.0 Å². The van der Waals surface area contributed by atoms with Gasteiger partial charge in [-0.25, -0.2) is 0 Å². The predicted octanol–water partition coefficient (Wildman–Crippen LogP) is 5.39. The number of fused-ring (bicyclic) bond motifs is 1. The summed E-state index contributed by atoms with van der Waals surface area (Å²) in [5, 5.41) is 0.221. The second-order valence-electron chi connectivity index (χ2n) is 6.53. The average Bonchev–Trinajstić information content (AvgIpc) is 2.77. The molecule has 0 amide bonds. The monoisotopic (exact) mass is 500 g/mol. The molecule has 6 nitrogen and oxygen atoms in total. The lowest BCUT2D eigenvalue weighted by Gasteiger charge is -2.12. The van der Waals surface area contributed by atoms with Crippen molar-refractivity contribution in [1.29, 1.82) is 0 Å². The minimum absolute atomic E-state index is 0.0208.